The van der Waals surface area contributed by atoms with E-state index in [1.165, 1.54) is 40.6 Å². The summed E-state index contributed by atoms with van der Waals surface area (Å²) >= 11 is 1.80. The third kappa shape index (κ3) is 10.3. The molecule has 1 N–H and O–H groups in total. The molecule has 4 aliphatic rings. The minimum absolute atomic E-state index is 0.117. The number of piperidine rings is 1. The van der Waals surface area contributed by atoms with Crippen molar-refractivity contribution in [2.24, 2.45) is 0 Å². The molecule has 1 unspecified atom stereocenters. The fourth-order valence-electron chi connectivity index (χ4n) is 7.56. The number of nitrogens with one attached hydrogen (secondary N) is 1. The van der Waals surface area contributed by atoms with Gasteiger partial charge in [-0.25, -0.2) is 9.10 Å². The monoisotopic (exact) mass is 740 g/mol. The fourth-order valence-corrected chi connectivity index (χ4v) is 8.51. The molecule has 12 heteroatoms. The molecular formula is C40H51F3N4O4S. The number of hydrogen-bond acceptors (Lipinski definition) is 7. The van der Waals surface area contributed by atoms with Crippen molar-refractivity contribution in [1.29, 1.82) is 0 Å². The van der Waals surface area contributed by atoms with Crippen LogP contribution in [-0.4, -0.2) is 83.6 Å². The first-order chi connectivity index (χ1) is 24.8. The van der Waals surface area contributed by atoms with Gasteiger partial charge in [-0.15, -0.1) is 0 Å². The molecule has 2 amide bonds. The Bertz CT molecular complexity index is 1680. The summed E-state index contributed by atoms with van der Waals surface area (Å²) in [6.45, 7) is 10.6. The first-order valence-electron chi connectivity index (χ1n) is 18.6. The van der Waals surface area contributed by atoms with Crippen LogP contribution in [0, 0.1) is 0 Å². The van der Waals surface area contributed by atoms with Crippen molar-refractivity contribution in [2.45, 2.75) is 107 Å². The Morgan fingerprint density at radius 3 is 2.21 bits per heavy atom. The molecule has 1 atom stereocenters. The molecule has 52 heavy (non-hydrogen) atoms. The van der Waals surface area contributed by atoms with Gasteiger partial charge >= 0.3 is 12.3 Å². The highest BCUT2D eigenvalue weighted by Gasteiger charge is 2.35. The van der Waals surface area contributed by atoms with Gasteiger partial charge < -0.3 is 19.7 Å². The predicted octanol–water partition coefficient (Wildman–Crippen LogP) is 8.62. The lowest BCUT2D eigenvalue weighted by atomic mass is 10.0. The van der Waals surface area contributed by atoms with Crippen LogP contribution < -0.4 is 10.1 Å². The second-order valence-electron chi connectivity index (χ2n) is 15.3. The molecule has 2 aliphatic heterocycles. The smallest absolute Gasteiger partial charge is 0.416 e. The molecule has 2 heterocycles. The van der Waals surface area contributed by atoms with Gasteiger partial charge in [0.05, 0.1) is 11.7 Å². The fraction of sp³-hybridized carbons (Fsp3) is 0.550. The van der Waals surface area contributed by atoms with Gasteiger partial charge in [0.2, 0.25) is 6.41 Å². The number of piperazine rings is 1. The Kier molecular flexibility index (Phi) is 12.3. The molecule has 3 aromatic carbocycles. The summed E-state index contributed by atoms with van der Waals surface area (Å²) in [7, 11) is 0. The van der Waals surface area contributed by atoms with Crippen molar-refractivity contribution < 1.29 is 32.2 Å². The number of alkyl halides is 3. The van der Waals surface area contributed by atoms with Crippen molar-refractivity contribution in [3.05, 3.63) is 71.3 Å². The van der Waals surface area contributed by atoms with Crippen LogP contribution in [0.15, 0.2) is 59.5 Å². The predicted molar refractivity (Wildman–Crippen MR) is 198 cm³/mol. The Labute approximate surface area is 309 Å². The third-order valence-electron chi connectivity index (χ3n) is 10.3. The van der Waals surface area contributed by atoms with Gasteiger partial charge in [0.15, 0.2) is 0 Å². The van der Waals surface area contributed by atoms with Crippen LogP contribution in [0.3, 0.4) is 0 Å². The highest BCUT2D eigenvalue weighted by molar-refractivity contribution is 7.97. The molecule has 8 nitrogen and oxygen atoms in total. The van der Waals surface area contributed by atoms with Crippen molar-refractivity contribution in [3.8, 4) is 5.75 Å². The lowest BCUT2D eigenvalue weighted by Crippen LogP contribution is -2.45. The number of amides is 2. The zero-order valence-corrected chi connectivity index (χ0v) is 31.2. The molecule has 0 spiro atoms. The number of hydrogen-bond donors (Lipinski definition) is 1. The minimum Gasteiger partial charge on any atom is -0.490 e. The summed E-state index contributed by atoms with van der Waals surface area (Å²) in [5.74, 6) is 0.967. The van der Waals surface area contributed by atoms with Gasteiger partial charge in [0.1, 0.15) is 11.4 Å². The number of carbonyl (C=O) groups is 2. The molecule has 2 aliphatic carbocycles. The first-order valence-corrected chi connectivity index (χ1v) is 19.4. The maximum Gasteiger partial charge on any atom is 0.416 e. The Balaban J connectivity index is 0.000000245. The molecule has 1 saturated carbocycles. The van der Waals surface area contributed by atoms with Crippen LogP contribution in [0.2, 0.25) is 0 Å². The van der Waals surface area contributed by atoms with Gasteiger partial charge in [0, 0.05) is 56.2 Å². The van der Waals surface area contributed by atoms with Crippen molar-refractivity contribution >= 4 is 35.2 Å². The van der Waals surface area contributed by atoms with E-state index in [9.17, 15) is 22.8 Å². The molecule has 3 aromatic rings. The van der Waals surface area contributed by atoms with E-state index in [-0.39, 0.29) is 18.2 Å². The molecule has 0 aromatic heterocycles. The van der Waals surface area contributed by atoms with Crippen LogP contribution in [0.5, 0.6) is 5.75 Å². The first kappa shape index (κ1) is 38.3. The highest BCUT2D eigenvalue weighted by atomic mass is 32.2. The van der Waals surface area contributed by atoms with Gasteiger partial charge in [-0.05, 0) is 142 Å². The Morgan fingerprint density at radius 1 is 0.846 bits per heavy atom. The molecule has 0 bridgehead atoms. The van der Waals surface area contributed by atoms with Crippen molar-refractivity contribution in [3.63, 3.8) is 0 Å². The van der Waals surface area contributed by atoms with E-state index < -0.39 is 17.3 Å². The van der Waals surface area contributed by atoms with E-state index >= 15 is 0 Å². The summed E-state index contributed by atoms with van der Waals surface area (Å²) in [6, 6.07) is 17.7. The van der Waals surface area contributed by atoms with Crippen LogP contribution in [0.25, 0.3) is 10.8 Å². The maximum atomic E-state index is 13.1. The highest BCUT2D eigenvalue weighted by Crippen LogP contribution is 2.40. The van der Waals surface area contributed by atoms with Crippen molar-refractivity contribution in [1.82, 2.24) is 19.4 Å². The minimum atomic E-state index is -4.27. The number of carbonyl (C=O) groups excluding carboxylic acids is 2. The quantitative estimate of drug-likeness (QED) is 0.192. The van der Waals surface area contributed by atoms with E-state index in [0.29, 0.717) is 19.2 Å². The number of alkyl carbamates (subject to hydrolysis) is 1. The summed E-state index contributed by atoms with van der Waals surface area (Å²) in [6.07, 6.45) is 4.63. The number of benzene rings is 3. The van der Waals surface area contributed by atoms with E-state index in [1.807, 2.05) is 20.8 Å². The standard InChI is InChI=1S/C29H31F3N2OS.C11H20N2O3/c30-29(31,32)23-8-11-27-22(17-23)7-12-28(27)33-13-15-34(16-14-33)36-26-10-6-20-18-25(9-5-21(20)19-26)35-24-3-1-2-4-24;1-11(2,3)16-10(15)12-9-4-6-13(8-14)7-5-9/h5-6,8-11,17-19,24,28H,1-4,7,12-16H2;8-9H,4-7H2,1-3H3,(H,12,15). The second-order valence-corrected chi connectivity index (χ2v) is 16.4. The molecular weight excluding hydrogens is 690 g/mol. The largest absolute Gasteiger partial charge is 0.490 e. The molecule has 0 radical (unpaired) electrons. The third-order valence-corrected chi connectivity index (χ3v) is 11.3. The van der Waals surface area contributed by atoms with Crippen molar-refractivity contribution in [2.75, 3.05) is 39.3 Å². The maximum absolute atomic E-state index is 13.1. The summed E-state index contributed by atoms with van der Waals surface area (Å²) in [4.78, 5) is 27.3. The van der Waals surface area contributed by atoms with Crippen LogP contribution in [0.1, 0.15) is 88.4 Å². The lowest BCUT2D eigenvalue weighted by Gasteiger charge is -2.37. The summed E-state index contributed by atoms with van der Waals surface area (Å²) in [5.41, 5.74) is 0.943. The molecule has 282 valence electrons. The number of likely N-dealkylation sites (tertiary alicyclic amines) is 1. The zero-order valence-electron chi connectivity index (χ0n) is 30.4. The van der Waals surface area contributed by atoms with Crippen LogP contribution in [-0.2, 0) is 22.1 Å². The van der Waals surface area contributed by atoms with E-state index in [4.69, 9.17) is 9.47 Å². The lowest BCUT2D eigenvalue weighted by molar-refractivity contribution is -0.137. The topological polar surface area (TPSA) is 74.4 Å². The van der Waals surface area contributed by atoms with E-state index in [1.54, 1.807) is 22.9 Å². The van der Waals surface area contributed by atoms with E-state index in [2.05, 4.69) is 50.9 Å². The summed E-state index contributed by atoms with van der Waals surface area (Å²) in [5, 5.41) is 5.24. The zero-order chi connectivity index (χ0) is 36.9. The Hall–Kier alpha value is -3.48. The second kappa shape index (κ2) is 16.7. The van der Waals surface area contributed by atoms with Crippen LogP contribution in [0.4, 0.5) is 18.0 Å². The van der Waals surface area contributed by atoms with Crippen LogP contribution >= 0.6 is 11.9 Å². The molecule has 7 rings (SSSR count). The molecule has 2 saturated heterocycles. The number of aryl methyl sites for hydroxylation is 1. The van der Waals surface area contributed by atoms with Gasteiger partial charge in [-0.2, -0.15) is 13.2 Å². The van der Waals surface area contributed by atoms with Gasteiger partial charge in [-0.1, -0.05) is 18.2 Å². The normalized spacial score (nSPS) is 20.7. The van der Waals surface area contributed by atoms with Gasteiger partial charge in [-0.3, -0.25) is 9.69 Å². The molecule has 3 fully saturated rings. The number of fused-ring (bicyclic) bond motifs is 2. The number of halogens is 3. The SMILES string of the molecule is CC(C)(C)OC(=O)NC1CCN(C=O)CC1.FC(F)(F)c1ccc2c(c1)CCC2N1CCN(Sc2ccc3cc(OC4CCCC4)ccc3c2)CC1. The van der Waals surface area contributed by atoms with E-state index in [0.717, 1.165) is 88.0 Å². The average Bonchev–Trinajstić information content (AvgIpc) is 3.78. The number of nitrogens with zero attached hydrogens (tertiary/aromatic N) is 3. The average molecular weight is 741 g/mol. The number of ether oxygens (including phenoxy) is 2. The Morgan fingerprint density at radius 2 is 1.54 bits per heavy atom. The number of rotatable bonds is 7. The summed E-state index contributed by atoms with van der Waals surface area (Å²) < 4.78 is 53.0. The van der Waals surface area contributed by atoms with Gasteiger partial charge in [0.25, 0.3) is 0 Å².